The van der Waals surface area contributed by atoms with E-state index in [1.807, 2.05) is 0 Å². The first-order valence-corrected chi connectivity index (χ1v) is 4.25. The fraction of sp³-hybridized carbons (Fsp3) is 0.300. The van der Waals surface area contributed by atoms with Crippen LogP contribution in [0.5, 0.6) is 0 Å². The average molecular weight is 201 g/mol. The number of benzene rings is 1. The van der Waals surface area contributed by atoms with Crippen LogP contribution in [0.3, 0.4) is 0 Å². The second-order valence-corrected chi connectivity index (χ2v) is 3.18. The van der Waals surface area contributed by atoms with Gasteiger partial charge in [0, 0.05) is 16.0 Å². The molecule has 3 heteroatoms. The second-order valence-electron chi connectivity index (χ2n) is 2.75. The van der Waals surface area contributed by atoms with Crippen molar-refractivity contribution >= 4 is 17.5 Å². The van der Waals surface area contributed by atoms with E-state index in [2.05, 4.69) is 5.32 Å². The van der Waals surface area contributed by atoms with Crippen LogP contribution in [0, 0.1) is 0 Å². The fourth-order valence-corrected chi connectivity index (χ4v) is 1.16. The summed E-state index contributed by atoms with van der Waals surface area (Å²) in [5, 5.41) is 3.01. The Morgan fingerprint density at radius 2 is 2.15 bits per heavy atom. The number of hydrogen-bond acceptors (Lipinski definition) is 1. The van der Waals surface area contributed by atoms with Crippen molar-refractivity contribution in [1.29, 1.82) is 0 Å². The molecule has 1 aromatic carbocycles. The summed E-state index contributed by atoms with van der Waals surface area (Å²) in [6.45, 7) is -0.895. The highest BCUT2D eigenvalue weighted by molar-refractivity contribution is 6.30. The van der Waals surface area contributed by atoms with Crippen LogP contribution in [0.2, 0.25) is 5.02 Å². The smallest absolute Gasteiger partial charge is 0.217 e. The Hall–Kier alpha value is -1.02. The van der Waals surface area contributed by atoms with E-state index in [1.165, 1.54) is 0 Å². The number of nitrogens with one attached hydrogen (secondary N) is 1. The van der Waals surface area contributed by atoms with Gasteiger partial charge in [-0.2, -0.15) is 0 Å². The first-order chi connectivity index (χ1) is 7.30. The van der Waals surface area contributed by atoms with Gasteiger partial charge in [0.15, 0.2) is 0 Å². The van der Waals surface area contributed by atoms with Crippen LogP contribution < -0.4 is 5.32 Å². The van der Waals surface area contributed by atoms with Crippen LogP contribution in [0.25, 0.3) is 0 Å². The molecule has 1 unspecified atom stereocenters. The largest absolute Gasteiger partial charge is 0.350 e. The van der Waals surface area contributed by atoms with Crippen molar-refractivity contribution in [2.24, 2.45) is 0 Å². The van der Waals surface area contributed by atoms with E-state index in [4.69, 9.17) is 15.7 Å². The molecule has 70 valence electrons. The van der Waals surface area contributed by atoms with Gasteiger partial charge in [0.25, 0.3) is 0 Å². The molecule has 1 amide bonds. The van der Waals surface area contributed by atoms with E-state index >= 15 is 0 Å². The van der Waals surface area contributed by atoms with Gasteiger partial charge in [0.05, 0.1) is 6.04 Å². The first kappa shape index (κ1) is 6.44. The average Bonchev–Trinajstić information content (AvgIpc) is 2.17. The van der Waals surface area contributed by atoms with Crippen molar-refractivity contribution in [3.8, 4) is 0 Å². The third-order valence-electron chi connectivity index (χ3n) is 1.72. The monoisotopic (exact) mass is 200 g/mol. The molecule has 0 spiro atoms. The molecule has 0 aliphatic carbocycles. The summed E-state index contributed by atoms with van der Waals surface area (Å²) in [5.74, 6) is -0.949. The minimum absolute atomic E-state index is 0.356. The summed E-state index contributed by atoms with van der Waals surface area (Å²) < 4.78 is 20.8. The third kappa shape index (κ3) is 3.07. The van der Waals surface area contributed by atoms with Crippen molar-refractivity contribution in [3.05, 3.63) is 34.9 Å². The predicted molar refractivity (Wildman–Crippen MR) is 53.7 cm³/mol. The summed E-state index contributed by atoms with van der Waals surface area (Å²) in [4.78, 5) is 11.2. The molecule has 0 radical (unpaired) electrons. The van der Waals surface area contributed by atoms with Crippen LogP contribution in [0.4, 0.5) is 0 Å². The summed E-state index contributed by atoms with van der Waals surface area (Å²) in [6, 6.07) is 6.51. The zero-order chi connectivity index (χ0) is 12.3. The van der Waals surface area contributed by atoms with E-state index in [9.17, 15) is 4.79 Å². The topological polar surface area (TPSA) is 29.1 Å². The van der Waals surface area contributed by atoms with Crippen LogP contribution in [-0.4, -0.2) is 5.91 Å². The number of rotatable bonds is 2. The van der Waals surface area contributed by atoms with E-state index in [1.54, 1.807) is 31.2 Å². The molecular formula is C10H12ClNO. The highest BCUT2D eigenvalue weighted by Crippen LogP contribution is 2.15. The lowest BCUT2D eigenvalue weighted by atomic mass is 10.1. The predicted octanol–water partition coefficient (Wildman–Crippen LogP) is 2.54. The number of amides is 1. The maximum Gasteiger partial charge on any atom is 0.217 e. The van der Waals surface area contributed by atoms with Gasteiger partial charge in [-0.3, -0.25) is 4.79 Å². The Bertz CT molecular complexity index is 375. The van der Waals surface area contributed by atoms with Gasteiger partial charge in [-0.05, 0) is 24.6 Å². The standard InChI is InChI=1S/C10H12ClNO/c1-7(12-8(2)13)9-3-5-10(11)6-4-9/h3-7H,1-2H3,(H,12,13)/i2D3. The number of hydrogen-bond donors (Lipinski definition) is 1. The van der Waals surface area contributed by atoms with E-state index in [-0.39, 0.29) is 6.04 Å². The Labute approximate surface area is 87.1 Å². The molecular weight excluding hydrogens is 186 g/mol. The molecule has 1 atom stereocenters. The Balaban J connectivity index is 2.69. The van der Waals surface area contributed by atoms with Crippen LogP contribution >= 0.6 is 11.6 Å². The fourth-order valence-electron chi connectivity index (χ4n) is 1.03. The quantitative estimate of drug-likeness (QED) is 0.781. The molecule has 0 aromatic heterocycles. The lowest BCUT2D eigenvalue weighted by molar-refractivity contribution is -0.119. The maximum atomic E-state index is 11.2. The van der Waals surface area contributed by atoms with Crippen LogP contribution in [0.1, 0.15) is 29.5 Å². The minimum atomic E-state index is -2.61. The molecule has 0 bridgehead atoms. The van der Waals surface area contributed by atoms with Crippen molar-refractivity contribution in [2.45, 2.75) is 19.8 Å². The summed E-state index contributed by atoms with van der Waals surface area (Å²) in [5.41, 5.74) is 0.807. The lowest BCUT2D eigenvalue weighted by Gasteiger charge is -2.12. The lowest BCUT2D eigenvalue weighted by Crippen LogP contribution is -2.23. The molecule has 0 aliphatic rings. The first-order valence-electron chi connectivity index (χ1n) is 5.37. The molecule has 1 aromatic rings. The van der Waals surface area contributed by atoms with Gasteiger partial charge in [0.1, 0.15) is 0 Å². The Kier molecular flexibility index (Phi) is 2.12. The molecule has 13 heavy (non-hydrogen) atoms. The normalized spacial score (nSPS) is 16.6. The van der Waals surface area contributed by atoms with Crippen molar-refractivity contribution in [2.75, 3.05) is 0 Å². The SMILES string of the molecule is [2H]C([2H])([2H])C(=O)NC(C)c1ccc(Cl)cc1. The summed E-state index contributed by atoms with van der Waals surface area (Å²) in [6.07, 6.45) is 0. The van der Waals surface area contributed by atoms with E-state index in [0.29, 0.717) is 5.02 Å². The maximum absolute atomic E-state index is 11.2. The van der Waals surface area contributed by atoms with Gasteiger partial charge < -0.3 is 5.32 Å². The molecule has 0 saturated carbocycles. The Morgan fingerprint density at radius 1 is 1.54 bits per heavy atom. The van der Waals surface area contributed by atoms with Gasteiger partial charge in [0.2, 0.25) is 5.91 Å². The van der Waals surface area contributed by atoms with Crippen molar-refractivity contribution in [3.63, 3.8) is 0 Å². The van der Waals surface area contributed by atoms with Gasteiger partial charge in [-0.1, -0.05) is 23.7 Å². The van der Waals surface area contributed by atoms with Crippen molar-refractivity contribution < 1.29 is 8.91 Å². The van der Waals surface area contributed by atoms with Crippen LogP contribution in [-0.2, 0) is 4.79 Å². The highest BCUT2D eigenvalue weighted by Gasteiger charge is 2.05. The molecule has 0 fully saturated rings. The molecule has 0 heterocycles. The highest BCUT2D eigenvalue weighted by atomic mass is 35.5. The molecule has 2 nitrogen and oxygen atoms in total. The summed E-state index contributed by atoms with van der Waals surface area (Å²) in [7, 11) is 0. The van der Waals surface area contributed by atoms with Crippen LogP contribution in [0.15, 0.2) is 24.3 Å². The van der Waals surface area contributed by atoms with E-state index < -0.39 is 12.8 Å². The molecule has 1 N–H and O–H groups in total. The van der Waals surface area contributed by atoms with Gasteiger partial charge >= 0.3 is 0 Å². The summed E-state index contributed by atoms with van der Waals surface area (Å²) >= 11 is 5.72. The zero-order valence-corrected chi connectivity index (χ0v) is 7.93. The number of halogens is 1. The minimum Gasteiger partial charge on any atom is -0.350 e. The molecule has 1 rings (SSSR count). The molecule has 0 aliphatic heterocycles. The Morgan fingerprint density at radius 3 is 2.69 bits per heavy atom. The molecule has 0 saturated heterocycles. The third-order valence-corrected chi connectivity index (χ3v) is 1.97. The van der Waals surface area contributed by atoms with Crippen molar-refractivity contribution in [1.82, 2.24) is 5.32 Å². The second kappa shape index (κ2) is 4.28. The zero-order valence-electron chi connectivity index (χ0n) is 10.2. The number of carbonyl (C=O) groups excluding carboxylic acids is 1. The van der Waals surface area contributed by atoms with E-state index in [0.717, 1.165) is 5.56 Å². The number of carbonyl (C=O) groups is 1. The van der Waals surface area contributed by atoms with Gasteiger partial charge in [-0.25, -0.2) is 0 Å². The van der Waals surface area contributed by atoms with Gasteiger partial charge in [-0.15, -0.1) is 0 Å².